The van der Waals surface area contributed by atoms with Crippen molar-refractivity contribution < 1.29 is 9.53 Å². The number of methoxy groups -OCH3 is 1. The SMILES string of the molecule is COc1ccc(CNC(=O)[C@@H](C)Sc2nc(C)c(C)c(C)n2)cc1. The second-order valence-electron chi connectivity index (χ2n) is 5.63. The molecule has 6 heteroatoms. The normalized spacial score (nSPS) is 11.9. The van der Waals surface area contributed by atoms with Crippen LogP contribution in [0, 0.1) is 20.8 Å². The van der Waals surface area contributed by atoms with Crippen molar-refractivity contribution in [3.63, 3.8) is 0 Å². The van der Waals surface area contributed by atoms with E-state index in [2.05, 4.69) is 15.3 Å². The quantitative estimate of drug-likeness (QED) is 0.643. The van der Waals surface area contributed by atoms with Gasteiger partial charge in [0.1, 0.15) is 5.75 Å². The van der Waals surface area contributed by atoms with E-state index in [-0.39, 0.29) is 11.2 Å². The topological polar surface area (TPSA) is 64.1 Å². The van der Waals surface area contributed by atoms with E-state index in [1.165, 1.54) is 11.8 Å². The van der Waals surface area contributed by atoms with Gasteiger partial charge in [-0.2, -0.15) is 0 Å². The first-order valence-electron chi connectivity index (χ1n) is 7.80. The average Bonchev–Trinajstić information content (AvgIpc) is 2.57. The van der Waals surface area contributed by atoms with E-state index in [0.29, 0.717) is 11.7 Å². The number of carbonyl (C=O) groups is 1. The third-order valence-corrected chi connectivity index (χ3v) is 4.85. The molecule has 1 N–H and O–H groups in total. The molecule has 0 fully saturated rings. The molecule has 0 radical (unpaired) electrons. The Hall–Kier alpha value is -2.08. The van der Waals surface area contributed by atoms with E-state index < -0.39 is 0 Å². The van der Waals surface area contributed by atoms with Crippen LogP contribution in [0.2, 0.25) is 0 Å². The van der Waals surface area contributed by atoms with Crippen molar-refractivity contribution >= 4 is 17.7 Å². The lowest BCUT2D eigenvalue weighted by Crippen LogP contribution is -2.30. The summed E-state index contributed by atoms with van der Waals surface area (Å²) >= 11 is 1.38. The molecule has 0 spiro atoms. The molecule has 0 bridgehead atoms. The zero-order valence-corrected chi connectivity index (χ0v) is 15.5. The van der Waals surface area contributed by atoms with Gasteiger partial charge in [-0.15, -0.1) is 0 Å². The highest BCUT2D eigenvalue weighted by molar-refractivity contribution is 8.00. The predicted octanol–water partition coefficient (Wildman–Crippen LogP) is 3.21. The van der Waals surface area contributed by atoms with Crippen LogP contribution in [0.5, 0.6) is 5.75 Å². The Bertz CT molecular complexity index is 694. The van der Waals surface area contributed by atoms with Crippen LogP contribution in [-0.2, 0) is 11.3 Å². The van der Waals surface area contributed by atoms with Crippen molar-refractivity contribution in [2.24, 2.45) is 0 Å². The Morgan fingerprint density at radius 2 is 1.75 bits per heavy atom. The highest BCUT2D eigenvalue weighted by Crippen LogP contribution is 2.22. The van der Waals surface area contributed by atoms with Crippen molar-refractivity contribution in [2.75, 3.05) is 7.11 Å². The van der Waals surface area contributed by atoms with Crippen molar-refractivity contribution in [3.05, 3.63) is 46.8 Å². The Morgan fingerprint density at radius 1 is 1.17 bits per heavy atom. The molecule has 0 aliphatic heterocycles. The van der Waals surface area contributed by atoms with Gasteiger partial charge < -0.3 is 10.1 Å². The van der Waals surface area contributed by atoms with Crippen LogP contribution >= 0.6 is 11.8 Å². The smallest absolute Gasteiger partial charge is 0.233 e. The number of benzene rings is 1. The van der Waals surface area contributed by atoms with Gasteiger partial charge in [-0.25, -0.2) is 9.97 Å². The third kappa shape index (κ3) is 4.71. The molecule has 2 rings (SSSR count). The molecule has 1 amide bonds. The zero-order valence-electron chi connectivity index (χ0n) is 14.7. The number of aromatic nitrogens is 2. The minimum absolute atomic E-state index is 0.0321. The maximum absolute atomic E-state index is 12.3. The van der Waals surface area contributed by atoms with Crippen molar-refractivity contribution in [1.82, 2.24) is 15.3 Å². The van der Waals surface area contributed by atoms with Crippen LogP contribution in [-0.4, -0.2) is 28.2 Å². The summed E-state index contributed by atoms with van der Waals surface area (Å²) in [4.78, 5) is 21.2. The van der Waals surface area contributed by atoms with Crippen molar-refractivity contribution in [2.45, 2.75) is 44.6 Å². The average molecular weight is 345 g/mol. The Balaban J connectivity index is 1.92. The van der Waals surface area contributed by atoms with Gasteiger partial charge in [0.05, 0.1) is 12.4 Å². The summed E-state index contributed by atoms with van der Waals surface area (Å²) in [5, 5.41) is 3.32. The molecule has 24 heavy (non-hydrogen) atoms. The van der Waals surface area contributed by atoms with Gasteiger partial charge in [0, 0.05) is 17.9 Å². The largest absolute Gasteiger partial charge is 0.497 e. The number of rotatable bonds is 6. The molecule has 2 aromatic rings. The van der Waals surface area contributed by atoms with E-state index in [1.54, 1.807) is 7.11 Å². The van der Waals surface area contributed by atoms with Crippen LogP contribution in [0.25, 0.3) is 0 Å². The molecule has 1 aromatic carbocycles. The van der Waals surface area contributed by atoms with Gasteiger partial charge in [-0.1, -0.05) is 23.9 Å². The summed E-state index contributed by atoms with van der Waals surface area (Å²) < 4.78 is 5.12. The number of carbonyl (C=O) groups excluding carboxylic acids is 1. The molecular weight excluding hydrogens is 322 g/mol. The Labute approximate surface area is 147 Å². The summed E-state index contributed by atoms with van der Waals surface area (Å²) in [5.41, 5.74) is 4.03. The number of nitrogens with one attached hydrogen (secondary N) is 1. The van der Waals surface area contributed by atoms with Crippen molar-refractivity contribution in [1.29, 1.82) is 0 Å². The second kappa shape index (κ2) is 8.15. The Kier molecular flexibility index (Phi) is 6.20. The van der Waals surface area contributed by atoms with Crippen molar-refractivity contribution in [3.8, 4) is 5.75 Å². The maximum atomic E-state index is 12.3. The highest BCUT2D eigenvalue weighted by atomic mass is 32.2. The highest BCUT2D eigenvalue weighted by Gasteiger charge is 2.16. The first-order valence-corrected chi connectivity index (χ1v) is 8.67. The number of nitrogens with zero attached hydrogens (tertiary/aromatic N) is 2. The Morgan fingerprint density at radius 3 is 2.29 bits per heavy atom. The van der Waals surface area contributed by atoms with Gasteiger partial charge in [0.15, 0.2) is 5.16 Å². The zero-order chi connectivity index (χ0) is 17.7. The summed E-state index contributed by atoms with van der Waals surface area (Å²) in [7, 11) is 1.63. The van der Waals surface area contributed by atoms with E-state index in [0.717, 1.165) is 28.3 Å². The monoisotopic (exact) mass is 345 g/mol. The molecule has 1 heterocycles. The number of aryl methyl sites for hydroxylation is 2. The molecule has 1 aromatic heterocycles. The van der Waals surface area contributed by atoms with E-state index in [9.17, 15) is 4.79 Å². The van der Waals surface area contributed by atoms with E-state index >= 15 is 0 Å². The molecule has 0 aliphatic carbocycles. The number of hydrogen-bond donors (Lipinski definition) is 1. The number of amides is 1. The number of hydrogen-bond acceptors (Lipinski definition) is 5. The standard InChI is InChI=1S/C18H23N3O2S/c1-11-12(2)20-18(21-13(11)3)24-14(4)17(22)19-10-15-6-8-16(23-5)9-7-15/h6-9,14H,10H2,1-5H3,(H,19,22)/t14-/m1/s1. The summed E-state index contributed by atoms with van der Waals surface area (Å²) in [5.74, 6) is 0.770. The minimum atomic E-state index is -0.259. The van der Waals surface area contributed by atoms with Gasteiger partial charge in [-0.05, 0) is 51.0 Å². The molecule has 128 valence electrons. The van der Waals surface area contributed by atoms with Crippen LogP contribution in [0.4, 0.5) is 0 Å². The molecule has 0 unspecified atom stereocenters. The fourth-order valence-electron chi connectivity index (χ4n) is 2.08. The fourth-order valence-corrected chi connectivity index (χ4v) is 2.97. The number of ether oxygens (including phenoxy) is 1. The van der Waals surface area contributed by atoms with Crippen LogP contribution in [0.15, 0.2) is 29.4 Å². The maximum Gasteiger partial charge on any atom is 0.233 e. The van der Waals surface area contributed by atoms with Gasteiger partial charge in [0.25, 0.3) is 0 Å². The van der Waals surface area contributed by atoms with Gasteiger partial charge in [-0.3, -0.25) is 4.79 Å². The lowest BCUT2D eigenvalue weighted by molar-refractivity contribution is -0.120. The molecule has 0 saturated carbocycles. The molecule has 5 nitrogen and oxygen atoms in total. The molecule has 0 saturated heterocycles. The first kappa shape index (κ1) is 18.3. The molecule has 0 aliphatic rings. The van der Waals surface area contributed by atoms with Crippen LogP contribution < -0.4 is 10.1 Å². The predicted molar refractivity (Wildman–Crippen MR) is 96.4 cm³/mol. The summed E-state index contributed by atoms with van der Waals surface area (Å²) in [6, 6.07) is 7.64. The van der Waals surface area contributed by atoms with Crippen LogP contribution in [0.1, 0.15) is 29.4 Å². The lowest BCUT2D eigenvalue weighted by Gasteiger charge is -2.13. The molecular formula is C18H23N3O2S. The summed E-state index contributed by atoms with van der Waals surface area (Å²) in [6.45, 7) is 8.28. The number of thioether (sulfide) groups is 1. The lowest BCUT2D eigenvalue weighted by atomic mass is 10.2. The van der Waals surface area contributed by atoms with E-state index in [1.807, 2.05) is 52.0 Å². The van der Waals surface area contributed by atoms with Gasteiger partial charge >= 0.3 is 0 Å². The molecule has 1 atom stereocenters. The first-order chi connectivity index (χ1) is 11.4. The second-order valence-corrected chi connectivity index (χ2v) is 6.94. The summed E-state index contributed by atoms with van der Waals surface area (Å²) in [6.07, 6.45) is 0. The minimum Gasteiger partial charge on any atom is -0.497 e. The van der Waals surface area contributed by atoms with Gasteiger partial charge in [0.2, 0.25) is 5.91 Å². The fraction of sp³-hybridized carbons (Fsp3) is 0.389. The van der Waals surface area contributed by atoms with Crippen LogP contribution in [0.3, 0.4) is 0 Å². The third-order valence-electron chi connectivity index (χ3n) is 3.89. The van der Waals surface area contributed by atoms with E-state index in [4.69, 9.17) is 4.74 Å².